The zero-order valence-electron chi connectivity index (χ0n) is 10.9. The Balaban J connectivity index is 1.82. The van der Waals surface area contributed by atoms with Crippen molar-refractivity contribution in [3.05, 3.63) is 12.7 Å². The second kappa shape index (κ2) is 5.20. The van der Waals surface area contributed by atoms with Crippen molar-refractivity contribution in [1.82, 2.24) is 19.9 Å². The molecule has 0 spiro atoms. The van der Waals surface area contributed by atoms with Crippen LogP contribution in [0.3, 0.4) is 0 Å². The molecule has 2 aromatic rings. The molecule has 1 aliphatic heterocycles. The first-order chi connectivity index (χ1) is 9.65. The van der Waals surface area contributed by atoms with E-state index in [1.54, 1.807) is 4.90 Å². The minimum atomic E-state index is 0.0220. The molecule has 1 saturated heterocycles. The van der Waals surface area contributed by atoms with Crippen LogP contribution >= 0.6 is 11.8 Å². The molecule has 3 heterocycles. The summed E-state index contributed by atoms with van der Waals surface area (Å²) >= 11 is 1.26. The van der Waals surface area contributed by atoms with Gasteiger partial charge in [-0.1, -0.05) is 11.8 Å². The predicted molar refractivity (Wildman–Crippen MR) is 75.3 cm³/mol. The van der Waals surface area contributed by atoms with E-state index in [1.807, 2.05) is 0 Å². The molecule has 0 bridgehead atoms. The molecule has 3 rings (SSSR count). The molecule has 8 heteroatoms. The van der Waals surface area contributed by atoms with Crippen molar-refractivity contribution in [2.24, 2.45) is 5.92 Å². The maximum Gasteiger partial charge on any atom is 0.228 e. The number of anilines is 1. The Kier molecular flexibility index (Phi) is 3.39. The maximum atomic E-state index is 12.1. The fourth-order valence-corrected chi connectivity index (χ4v) is 2.98. The summed E-state index contributed by atoms with van der Waals surface area (Å²) in [5, 5.41) is 0.0777. The van der Waals surface area contributed by atoms with E-state index in [2.05, 4.69) is 19.9 Å². The zero-order valence-corrected chi connectivity index (χ0v) is 11.7. The van der Waals surface area contributed by atoms with Crippen molar-refractivity contribution in [3.63, 3.8) is 0 Å². The van der Waals surface area contributed by atoms with Gasteiger partial charge in [-0.25, -0.2) is 15.0 Å². The Morgan fingerprint density at radius 1 is 1.50 bits per heavy atom. The fourth-order valence-electron chi connectivity index (χ4n) is 2.29. The number of rotatable bonds is 3. The molecule has 7 nitrogen and oxygen atoms in total. The molecule has 0 aliphatic carbocycles. The van der Waals surface area contributed by atoms with Crippen molar-refractivity contribution in [1.29, 1.82) is 0 Å². The molecule has 1 amide bonds. The lowest BCUT2D eigenvalue weighted by atomic mass is 10.1. The number of aromatic nitrogens is 4. The van der Waals surface area contributed by atoms with Crippen LogP contribution in [0.1, 0.15) is 13.3 Å². The number of carbonyl (C=O) groups is 2. The van der Waals surface area contributed by atoms with Gasteiger partial charge in [0, 0.05) is 25.6 Å². The third-order valence-electron chi connectivity index (χ3n) is 3.19. The molecule has 1 fully saturated rings. The highest BCUT2D eigenvalue weighted by Gasteiger charge is 2.32. The first-order valence-corrected chi connectivity index (χ1v) is 7.21. The summed E-state index contributed by atoms with van der Waals surface area (Å²) < 4.78 is 0. The average molecular weight is 291 g/mol. The Bertz CT molecular complexity index is 671. The number of carbonyl (C=O) groups excluding carboxylic acids is 2. The largest absolute Gasteiger partial charge is 0.340 e. The number of nitrogens with zero attached hydrogens (tertiary/aromatic N) is 4. The number of imidazole rings is 1. The number of hydrogen-bond acceptors (Lipinski definition) is 6. The van der Waals surface area contributed by atoms with Crippen LogP contribution in [0.4, 0.5) is 5.82 Å². The van der Waals surface area contributed by atoms with Gasteiger partial charge in [0.1, 0.15) is 11.8 Å². The first-order valence-electron chi connectivity index (χ1n) is 6.23. The monoisotopic (exact) mass is 291 g/mol. The lowest BCUT2D eigenvalue weighted by Crippen LogP contribution is -2.26. The standard InChI is InChI=1S/C12H13N5O2S/c1-7(18)20-4-8-2-9(19)17(3-8)12-10-11(14-5-13-10)15-6-16-12/h5-6,8H,2-4H2,1H3,(H,13,14,15,16). The molecular weight excluding hydrogens is 278 g/mol. The lowest BCUT2D eigenvalue weighted by molar-refractivity contribution is -0.117. The highest BCUT2D eigenvalue weighted by Crippen LogP contribution is 2.29. The van der Waals surface area contributed by atoms with E-state index in [9.17, 15) is 9.59 Å². The number of amides is 1. The number of H-pyrrole nitrogens is 1. The van der Waals surface area contributed by atoms with Crippen LogP contribution < -0.4 is 4.90 Å². The third-order valence-corrected chi connectivity index (χ3v) is 4.23. The third kappa shape index (κ3) is 2.38. The summed E-state index contributed by atoms with van der Waals surface area (Å²) in [6, 6.07) is 0. The van der Waals surface area contributed by atoms with Crippen molar-refractivity contribution in [2.75, 3.05) is 17.2 Å². The molecule has 2 aromatic heterocycles. The highest BCUT2D eigenvalue weighted by molar-refractivity contribution is 8.13. The quantitative estimate of drug-likeness (QED) is 0.906. The summed E-state index contributed by atoms with van der Waals surface area (Å²) in [4.78, 5) is 40.0. The van der Waals surface area contributed by atoms with E-state index in [1.165, 1.54) is 31.3 Å². The highest BCUT2D eigenvalue weighted by atomic mass is 32.2. The van der Waals surface area contributed by atoms with E-state index in [4.69, 9.17) is 0 Å². The second-order valence-electron chi connectivity index (χ2n) is 4.68. The van der Waals surface area contributed by atoms with Gasteiger partial charge in [-0.2, -0.15) is 0 Å². The van der Waals surface area contributed by atoms with Gasteiger partial charge in [0.25, 0.3) is 0 Å². The average Bonchev–Trinajstić information content (AvgIpc) is 3.02. The van der Waals surface area contributed by atoms with Crippen LogP contribution in [-0.4, -0.2) is 43.3 Å². The Morgan fingerprint density at radius 2 is 2.35 bits per heavy atom. The van der Waals surface area contributed by atoms with Gasteiger partial charge in [-0.3, -0.25) is 14.5 Å². The maximum absolute atomic E-state index is 12.1. The van der Waals surface area contributed by atoms with Gasteiger partial charge in [-0.05, 0) is 5.92 Å². The molecule has 1 atom stereocenters. The Morgan fingerprint density at radius 3 is 3.15 bits per heavy atom. The number of thioether (sulfide) groups is 1. The molecule has 20 heavy (non-hydrogen) atoms. The van der Waals surface area contributed by atoms with Crippen LogP contribution in [-0.2, 0) is 9.59 Å². The lowest BCUT2D eigenvalue weighted by Gasteiger charge is -2.15. The van der Waals surface area contributed by atoms with Crippen LogP contribution in [0.2, 0.25) is 0 Å². The van der Waals surface area contributed by atoms with Gasteiger partial charge in [0.15, 0.2) is 16.6 Å². The minimum absolute atomic E-state index is 0.0220. The minimum Gasteiger partial charge on any atom is -0.340 e. The van der Waals surface area contributed by atoms with Crippen LogP contribution in [0.15, 0.2) is 12.7 Å². The molecule has 0 saturated carbocycles. The zero-order chi connectivity index (χ0) is 14.1. The van der Waals surface area contributed by atoms with Crippen molar-refractivity contribution in [3.8, 4) is 0 Å². The Labute approximate surface area is 119 Å². The number of hydrogen-bond donors (Lipinski definition) is 1. The normalized spacial score (nSPS) is 18.9. The van der Waals surface area contributed by atoms with E-state index in [0.717, 1.165) is 0 Å². The number of fused-ring (bicyclic) bond motifs is 1. The topological polar surface area (TPSA) is 91.8 Å². The summed E-state index contributed by atoms with van der Waals surface area (Å²) in [7, 11) is 0. The van der Waals surface area contributed by atoms with Gasteiger partial charge in [0.05, 0.1) is 6.33 Å². The summed E-state index contributed by atoms with van der Waals surface area (Å²) in [6.45, 7) is 2.11. The van der Waals surface area contributed by atoms with Crippen LogP contribution in [0.5, 0.6) is 0 Å². The molecule has 1 aliphatic rings. The molecule has 0 radical (unpaired) electrons. The Hall–Kier alpha value is -1.96. The summed E-state index contributed by atoms with van der Waals surface area (Å²) in [5.41, 5.74) is 1.21. The molecule has 1 N–H and O–H groups in total. The van der Waals surface area contributed by atoms with Gasteiger partial charge in [-0.15, -0.1) is 0 Å². The number of nitrogens with one attached hydrogen (secondary N) is 1. The predicted octanol–water partition coefficient (Wildman–Crippen LogP) is 0.986. The van der Waals surface area contributed by atoms with E-state index in [-0.39, 0.29) is 16.9 Å². The SMILES string of the molecule is CC(=O)SCC1CC(=O)N(c2ncnc3nc[nH]c23)C1. The molecule has 104 valence electrons. The van der Waals surface area contributed by atoms with Gasteiger partial charge < -0.3 is 4.98 Å². The van der Waals surface area contributed by atoms with E-state index in [0.29, 0.717) is 35.7 Å². The van der Waals surface area contributed by atoms with Crippen molar-refractivity contribution < 1.29 is 9.59 Å². The molecular formula is C12H13N5O2S. The number of aromatic amines is 1. The van der Waals surface area contributed by atoms with Crippen molar-refractivity contribution >= 4 is 39.8 Å². The van der Waals surface area contributed by atoms with Gasteiger partial charge >= 0.3 is 0 Å². The van der Waals surface area contributed by atoms with Crippen LogP contribution in [0.25, 0.3) is 11.2 Å². The van der Waals surface area contributed by atoms with Crippen LogP contribution in [0, 0.1) is 5.92 Å². The van der Waals surface area contributed by atoms with Crippen molar-refractivity contribution in [2.45, 2.75) is 13.3 Å². The fraction of sp³-hybridized carbons (Fsp3) is 0.417. The molecule has 0 aromatic carbocycles. The molecule has 1 unspecified atom stereocenters. The summed E-state index contributed by atoms with van der Waals surface area (Å²) in [5.74, 6) is 1.42. The first kappa shape index (κ1) is 13.0. The second-order valence-corrected chi connectivity index (χ2v) is 5.87. The smallest absolute Gasteiger partial charge is 0.228 e. The van der Waals surface area contributed by atoms with E-state index < -0.39 is 0 Å². The van der Waals surface area contributed by atoms with E-state index >= 15 is 0 Å². The summed E-state index contributed by atoms with van der Waals surface area (Å²) in [6.07, 6.45) is 3.38. The van der Waals surface area contributed by atoms with Gasteiger partial charge in [0.2, 0.25) is 5.91 Å².